The molecule has 0 saturated heterocycles. The first-order valence-corrected chi connectivity index (χ1v) is 23.9. The number of nitrogens with one attached hydrogen (secondary N) is 1. The van der Waals surface area contributed by atoms with Gasteiger partial charge in [0, 0.05) is 6.42 Å². The fourth-order valence-electron chi connectivity index (χ4n) is 6.71. The van der Waals surface area contributed by atoms with Crippen molar-refractivity contribution in [2.45, 2.75) is 225 Å². The van der Waals surface area contributed by atoms with Crippen LogP contribution < -0.4 is 5.32 Å². The predicted octanol–water partition coefficient (Wildman–Crippen LogP) is 14.0. The number of hydrogen-bond donors (Lipinski definition) is 3. The van der Waals surface area contributed by atoms with Crippen LogP contribution >= 0.6 is 0 Å². The van der Waals surface area contributed by atoms with Crippen LogP contribution in [0.25, 0.3) is 0 Å². The topological polar surface area (TPSA) is 95.9 Å². The van der Waals surface area contributed by atoms with Crippen molar-refractivity contribution < 1.29 is 24.5 Å². The third-order valence-electron chi connectivity index (χ3n) is 10.3. The van der Waals surface area contributed by atoms with Gasteiger partial charge in [-0.15, -0.1) is 0 Å². The van der Waals surface area contributed by atoms with Crippen LogP contribution in [0, 0.1) is 0 Å². The molecule has 0 heterocycles. The number of amides is 1. The minimum absolute atomic E-state index is 0.0502. The maximum atomic E-state index is 13.1. The van der Waals surface area contributed by atoms with Gasteiger partial charge >= 0.3 is 5.97 Å². The van der Waals surface area contributed by atoms with Gasteiger partial charge < -0.3 is 20.3 Å². The van der Waals surface area contributed by atoms with Gasteiger partial charge in [-0.1, -0.05) is 222 Å². The molecule has 0 fully saturated rings. The molecule has 3 atom stereocenters. The van der Waals surface area contributed by atoms with Gasteiger partial charge in [-0.2, -0.15) is 0 Å². The third-order valence-corrected chi connectivity index (χ3v) is 10.3. The lowest BCUT2D eigenvalue weighted by atomic mass is 10.0. The first-order valence-electron chi connectivity index (χ1n) is 23.9. The lowest BCUT2D eigenvalue weighted by Crippen LogP contribution is -2.46. The Morgan fingerprint density at radius 1 is 0.552 bits per heavy atom. The van der Waals surface area contributed by atoms with Crippen molar-refractivity contribution in [1.29, 1.82) is 0 Å². The fourth-order valence-corrected chi connectivity index (χ4v) is 6.71. The number of allylic oxidation sites excluding steroid dienone is 13. The van der Waals surface area contributed by atoms with Gasteiger partial charge in [0.1, 0.15) is 6.10 Å². The standard InChI is InChI=1S/C52H89NO5/c1-4-7-10-13-16-19-22-24-25-27-30-33-36-39-42-45-52(57)58-48(43-40-37-34-31-28-21-18-15-12-9-6-3)46-51(56)53-49(47-54)50(55)44-41-38-35-32-29-26-23-20-17-14-11-8-5-2/h7,10,13,16,19,22,24-25,27,30-31,34,40,43,48-50,54-55H,4-6,8-9,11-12,14-15,17-18,20-21,23,26,28-29,32-33,35-39,41-42,44-47H2,1-3H3,(H,53,56)/b10-7+,16-13+,22-19-,25-24-,30-27+,34-31-,43-40+. The molecule has 6 nitrogen and oxygen atoms in total. The van der Waals surface area contributed by atoms with Crippen LogP contribution in [-0.2, 0) is 14.3 Å². The first kappa shape index (κ1) is 55.0. The number of carbonyl (C=O) groups excluding carboxylic acids is 2. The Labute approximate surface area is 357 Å². The molecular weight excluding hydrogens is 719 g/mol. The predicted molar refractivity (Wildman–Crippen MR) is 250 cm³/mol. The van der Waals surface area contributed by atoms with Gasteiger partial charge in [0.2, 0.25) is 5.91 Å². The number of unbranched alkanes of at least 4 members (excludes halogenated alkanes) is 21. The van der Waals surface area contributed by atoms with E-state index in [-0.39, 0.29) is 24.9 Å². The quantitative estimate of drug-likeness (QED) is 0.0247. The van der Waals surface area contributed by atoms with E-state index in [2.05, 4.69) is 50.4 Å². The van der Waals surface area contributed by atoms with Crippen molar-refractivity contribution in [3.63, 3.8) is 0 Å². The molecule has 332 valence electrons. The molecule has 0 radical (unpaired) electrons. The summed E-state index contributed by atoms with van der Waals surface area (Å²) < 4.78 is 5.79. The SMILES string of the molecule is CC/C=C/C=C/C=C\C=C/C=C/CCCCCC(=O)OC(/C=C/C/C=C\CCCCCCCC)CC(=O)NC(CO)C(O)CCCCCCCCCCCCCCC. The molecule has 1 amide bonds. The number of rotatable bonds is 41. The molecule has 3 unspecified atom stereocenters. The van der Waals surface area contributed by atoms with E-state index in [1.54, 1.807) is 6.08 Å². The molecule has 0 aliphatic carbocycles. The Morgan fingerprint density at radius 2 is 1.03 bits per heavy atom. The molecular formula is C52H89NO5. The molecule has 0 aliphatic rings. The van der Waals surface area contributed by atoms with Crippen LogP contribution in [0.2, 0.25) is 0 Å². The number of ether oxygens (including phenoxy) is 1. The van der Waals surface area contributed by atoms with Gasteiger partial charge in [0.15, 0.2) is 0 Å². The molecule has 0 aromatic carbocycles. The normalized spacial score (nSPS) is 14.1. The van der Waals surface area contributed by atoms with Crippen molar-refractivity contribution in [3.8, 4) is 0 Å². The van der Waals surface area contributed by atoms with Crippen molar-refractivity contribution in [3.05, 3.63) is 85.1 Å². The minimum atomic E-state index is -0.821. The van der Waals surface area contributed by atoms with E-state index in [0.717, 1.165) is 57.8 Å². The van der Waals surface area contributed by atoms with Crippen LogP contribution in [0.5, 0.6) is 0 Å². The van der Waals surface area contributed by atoms with E-state index in [1.165, 1.54) is 103 Å². The summed E-state index contributed by atoms with van der Waals surface area (Å²) in [6.45, 7) is 6.27. The summed E-state index contributed by atoms with van der Waals surface area (Å²) in [6.07, 6.45) is 58.1. The average molecular weight is 808 g/mol. The number of aliphatic hydroxyl groups is 2. The smallest absolute Gasteiger partial charge is 0.306 e. The van der Waals surface area contributed by atoms with E-state index >= 15 is 0 Å². The summed E-state index contributed by atoms with van der Waals surface area (Å²) in [5, 5.41) is 23.6. The maximum absolute atomic E-state index is 13.1. The highest BCUT2D eigenvalue weighted by molar-refractivity contribution is 5.78. The van der Waals surface area contributed by atoms with Crippen LogP contribution in [0.15, 0.2) is 85.1 Å². The molecule has 0 bridgehead atoms. The van der Waals surface area contributed by atoms with Crippen LogP contribution in [-0.4, -0.2) is 46.9 Å². The van der Waals surface area contributed by atoms with Crippen molar-refractivity contribution in [2.75, 3.05) is 6.61 Å². The van der Waals surface area contributed by atoms with Crippen molar-refractivity contribution in [2.24, 2.45) is 0 Å². The highest BCUT2D eigenvalue weighted by Crippen LogP contribution is 2.15. The molecule has 0 saturated carbocycles. The van der Waals surface area contributed by atoms with E-state index < -0.39 is 18.2 Å². The summed E-state index contributed by atoms with van der Waals surface area (Å²) in [6, 6.07) is -0.744. The average Bonchev–Trinajstić information content (AvgIpc) is 3.22. The van der Waals surface area contributed by atoms with Gasteiger partial charge in [-0.3, -0.25) is 9.59 Å². The van der Waals surface area contributed by atoms with E-state index in [1.807, 2.05) is 54.7 Å². The van der Waals surface area contributed by atoms with Crippen molar-refractivity contribution in [1.82, 2.24) is 5.32 Å². The second kappa shape index (κ2) is 45.1. The molecule has 0 aromatic rings. The van der Waals surface area contributed by atoms with E-state index in [4.69, 9.17) is 4.74 Å². The second-order valence-corrected chi connectivity index (χ2v) is 15.9. The molecule has 58 heavy (non-hydrogen) atoms. The first-order chi connectivity index (χ1) is 28.5. The van der Waals surface area contributed by atoms with E-state index in [0.29, 0.717) is 19.3 Å². The Bertz CT molecular complexity index is 1130. The molecule has 0 spiro atoms. The Kier molecular flexibility index (Phi) is 42.8. The molecule has 6 heteroatoms. The molecule has 0 aliphatic heterocycles. The Hall–Kier alpha value is -2.96. The second-order valence-electron chi connectivity index (χ2n) is 15.9. The lowest BCUT2D eigenvalue weighted by molar-refractivity contribution is -0.148. The molecule has 3 N–H and O–H groups in total. The Balaban J connectivity index is 4.74. The summed E-state index contributed by atoms with van der Waals surface area (Å²) >= 11 is 0. The van der Waals surface area contributed by atoms with E-state index in [9.17, 15) is 19.8 Å². The number of esters is 1. The fraction of sp³-hybridized carbons (Fsp3) is 0.692. The van der Waals surface area contributed by atoms with Gasteiger partial charge in [-0.05, 0) is 57.4 Å². The summed E-state index contributed by atoms with van der Waals surface area (Å²) in [5.74, 6) is -0.659. The minimum Gasteiger partial charge on any atom is -0.458 e. The van der Waals surface area contributed by atoms with Crippen LogP contribution in [0.1, 0.15) is 207 Å². The zero-order chi connectivity index (χ0) is 42.4. The summed E-state index contributed by atoms with van der Waals surface area (Å²) in [7, 11) is 0. The third kappa shape index (κ3) is 39.8. The summed E-state index contributed by atoms with van der Waals surface area (Å²) in [4.78, 5) is 26.0. The maximum Gasteiger partial charge on any atom is 0.306 e. The largest absolute Gasteiger partial charge is 0.458 e. The van der Waals surface area contributed by atoms with Crippen LogP contribution in [0.4, 0.5) is 0 Å². The van der Waals surface area contributed by atoms with Gasteiger partial charge in [-0.25, -0.2) is 0 Å². The highest BCUT2D eigenvalue weighted by atomic mass is 16.5. The summed E-state index contributed by atoms with van der Waals surface area (Å²) in [5.41, 5.74) is 0. The van der Waals surface area contributed by atoms with Gasteiger partial charge in [0.05, 0.1) is 25.2 Å². The number of carbonyl (C=O) groups is 2. The highest BCUT2D eigenvalue weighted by Gasteiger charge is 2.23. The zero-order valence-corrected chi connectivity index (χ0v) is 37.6. The molecule has 0 aromatic heterocycles. The Morgan fingerprint density at radius 3 is 1.59 bits per heavy atom. The molecule has 0 rings (SSSR count). The van der Waals surface area contributed by atoms with Crippen molar-refractivity contribution >= 4 is 11.9 Å². The monoisotopic (exact) mass is 808 g/mol. The number of aliphatic hydroxyl groups excluding tert-OH is 2. The van der Waals surface area contributed by atoms with Gasteiger partial charge in [0.25, 0.3) is 0 Å². The van der Waals surface area contributed by atoms with Crippen LogP contribution in [0.3, 0.4) is 0 Å². The zero-order valence-electron chi connectivity index (χ0n) is 37.6. The lowest BCUT2D eigenvalue weighted by Gasteiger charge is -2.23. The number of hydrogen-bond acceptors (Lipinski definition) is 5.